The molecule has 0 aliphatic carbocycles. The molecule has 0 aromatic heterocycles. The molecule has 1 rings (SSSR count). The molecule has 0 aromatic carbocycles. The minimum absolute atomic E-state index is 0.0158. The maximum atomic E-state index is 10.3. The lowest BCUT2D eigenvalue weighted by Gasteiger charge is -2.23. The Kier molecular flexibility index (Phi) is 7.98. The van der Waals surface area contributed by atoms with Gasteiger partial charge >= 0.3 is 0 Å². The highest BCUT2D eigenvalue weighted by atomic mass is 16.5. The largest absolute Gasteiger partial charge is 0.389 e. The second-order valence-corrected chi connectivity index (χ2v) is 4.97. The molecule has 0 fully saturated rings. The highest BCUT2D eigenvalue weighted by Crippen LogP contribution is 2.15. The summed E-state index contributed by atoms with van der Waals surface area (Å²) in [6, 6.07) is 0. The summed E-state index contributed by atoms with van der Waals surface area (Å²) in [5, 5.41) is 10.3. The molecule has 1 aliphatic rings. The molecular formula is C15H26O4. The first-order valence-electron chi connectivity index (χ1n) is 6.85. The van der Waals surface area contributed by atoms with Crippen LogP contribution in [0.2, 0.25) is 0 Å². The Labute approximate surface area is 116 Å². The molecule has 0 bridgehead atoms. The van der Waals surface area contributed by atoms with Gasteiger partial charge in [0.15, 0.2) is 0 Å². The number of methoxy groups -OCH3 is 1. The highest BCUT2D eigenvalue weighted by molar-refractivity contribution is 5.05. The third-order valence-electron chi connectivity index (χ3n) is 3.14. The predicted molar refractivity (Wildman–Crippen MR) is 75.1 cm³/mol. The van der Waals surface area contributed by atoms with Crippen molar-refractivity contribution in [3.05, 3.63) is 23.8 Å². The van der Waals surface area contributed by atoms with Crippen LogP contribution in [-0.4, -0.2) is 50.9 Å². The Balaban J connectivity index is 2.71. The van der Waals surface area contributed by atoms with Crippen molar-refractivity contribution in [2.45, 2.75) is 32.5 Å². The van der Waals surface area contributed by atoms with Gasteiger partial charge < -0.3 is 19.3 Å². The Morgan fingerprint density at radius 2 is 2.05 bits per heavy atom. The molecule has 1 aliphatic heterocycles. The molecule has 0 saturated carbocycles. The molecule has 1 heterocycles. The van der Waals surface area contributed by atoms with Crippen LogP contribution in [0.5, 0.6) is 0 Å². The van der Waals surface area contributed by atoms with Crippen molar-refractivity contribution in [3.63, 3.8) is 0 Å². The number of aliphatic hydroxyl groups is 1. The molecule has 0 radical (unpaired) electrons. The fourth-order valence-electron chi connectivity index (χ4n) is 2.06. The smallest absolute Gasteiger partial charge is 0.102 e. The number of hydrogen-bond donors (Lipinski definition) is 1. The summed E-state index contributed by atoms with van der Waals surface area (Å²) >= 11 is 0. The van der Waals surface area contributed by atoms with E-state index in [1.807, 2.05) is 32.1 Å². The highest BCUT2D eigenvalue weighted by Gasteiger charge is 2.21. The van der Waals surface area contributed by atoms with E-state index in [2.05, 4.69) is 0 Å². The quantitative estimate of drug-likeness (QED) is 0.740. The standard InChI is InChI=1S/C15H26O4/c1-12-10-13(2)15(16)14(17-3)6-4-7-18-8-5-9-19-11-12/h4,6,10,13-16H,5,7-9,11H2,1-3H3. The average molecular weight is 270 g/mol. The second-order valence-electron chi connectivity index (χ2n) is 4.97. The first-order valence-corrected chi connectivity index (χ1v) is 6.85. The van der Waals surface area contributed by atoms with Crippen LogP contribution in [0.15, 0.2) is 23.8 Å². The SMILES string of the molecule is COC1C=CCOCCCOCC(C)=CC(C)C1O. The fraction of sp³-hybridized carbons (Fsp3) is 0.733. The number of hydrogen-bond acceptors (Lipinski definition) is 4. The van der Waals surface area contributed by atoms with Gasteiger partial charge in [-0.3, -0.25) is 0 Å². The van der Waals surface area contributed by atoms with E-state index in [4.69, 9.17) is 14.2 Å². The van der Waals surface area contributed by atoms with Gasteiger partial charge in [-0.15, -0.1) is 0 Å². The third kappa shape index (κ3) is 6.34. The number of rotatable bonds is 1. The van der Waals surface area contributed by atoms with Gasteiger partial charge in [0.05, 0.1) is 19.3 Å². The van der Waals surface area contributed by atoms with Crippen LogP contribution in [0.4, 0.5) is 0 Å². The first-order chi connectivity index (χ1) is 9.15. The minimum Gasteiger partial charge on any atom is -0.389 e. The van der Waals surface area contributed by atoms with Crippen molar-refractivity contribution >= 4 is 0 Å². The van der Waals surface area contributed by atoms with E-state index in [-0.39, 0.29) is 12.0 Å². The van der Waals surface area contributed by atoms with Crippen molar-refractivity contribution in [1.82, 2.24) is 0 Å². The molecule has 3 atom stereocenters. The summed E-state index contributed by atoms with van der Waals surface area (Å²) in [4.78, 5) is 0. The second kappa shape index (κ2) is 9.26. The van der Waals surface area contributed by atoms with Crippen LogP contribution in [0.1, 0.15) is 20.3 Å². The Morgan fingerprint density at radius 3 is 2.79 bits per heavy atom. The molecule has 19 heavy (non-hydrogen) atoms. The molecule has 3 unspecified atom stereocenters. The van der Waals surface area contributed by atoms with E-state index in [0.717, 1.165) is 12.0 Å². The zero-order valence-electron chi connectivity index (χ0n) is 12.2. The summed E-state index contributed by atoms with van der Waals surface area (Å²) in [7, 11) is 1.61. The van der Waals surface area contributed by atoms with Crippen LogP contribution in [0.25, 0.3) is 0 Å². The Bertz CT molecular complexity index is 299. The topological polar surface area (TPSA) is 47.9 Å². The lowest BCUT2D eigenvalue weighted by Crippen LogP contribution is -2.31. The van der Waals surface area contributed by atoms with Crippen molar-refractivity contribution in [3.8, 4) is 0 Å². The summed E-state index contributed by atoms with van der Waals surface area (Å²) in [5.41, 5.74) is 1.13. The van der Waals surface area contributed by atoms with E-state index < -0.39 is 6.10 Å². The van der Waals surface area contributed by atoms with Gasteiger partial charge in [0.2, 0.25) is 0 Å². The van der Waals surface area contributed by atoms with Crippen LogP contribution in [0, 0.1) is 5.92 Å². The lowest BCUT2D eigenvalue weighted by atomic mass is 9.97. The molecule has 0 amide bonds. The van der Waals surface area contributed by atoms with Gasteiger partial charge in [0, 0.05) is 26.2 Å². The fourth-order valence-corrected chi connectivity index (χ4v) is 2.06. The molecule has 0 saturated heterocycles. The van der Waals surface area contributed by atoms with Crippen LogP contribution < -0.4 is 0 Å². The van der Waals surface area contributed by atoms with E-state index in [1.54, 1.807) is 7.11 Å². The van der Waals surface area contributed by atoms with E-state index in [9.17, 15) is 5.11 Å². The normalized spacial score (nSPS) is 31.6. The van der Waals surface area contributed by atoms with Crippen molar-refractivity contribution in [2.24, 2.45) is 5.92 Å². The van der Waals surface area contributed by atoms with Crippen molar-refractivity contribution < 1.29 is 19.3 Å². The van der Waals surface area contributed by atoms with Gasteiger partial charge in [0.1, 0.15) is 6.10 Å². The van der Waals surface area contributed by atoms with E-state index in [0.29, 0.717) is 26.4 Å². The maximum Gasteiger partial charge on any atom is 0.102 e. The molecule has 4 heteroatoms. The monoisotopic (exact) mass is 270 g/mol. The molecular weight excluding hydrogens is 244 g/mol. The third-order valence-corrected chi connectivity index (χ3v) is 3.14. The Morgan fingerprint density at radius 1 is 1.32 bits per heavy atom. The van der Waals surface area contributed by atoms with Gasteiger partial charge in [-0.2, -0.15) is 0 Å². The molecule has 1 N–H and O–H groups in total. The minimum atomic E-state index is -0.570. The number of aliphatic hydroxyl groups excluding tert-OH is 1. The van der Waals surface area contributed by atoms with Crippen LogP contribution >= 0.6 is 0 Å². The van der Waals surface area contributed by atoms with Gasteiger partial charge in [-0.1, -0.05) is 30.7 Å². The molecule has 110 valence electrons. The molecule has 4 nitrogen and oxygen atoms in total. The Hall–Kier alpha value is -0.680. The zero-order chi connectivity index (χ0) is 14.1. The van der Waals surface area contributed by atoms with Gasteiger partial charge in [-0.25, -0.2) is 0 Å². The molecule has 0 aromatic rings. The van der Waals surface area contributed by atoms with Gasteiger partial charge in [-0.05, 0) is 13.3 Å². The molecule has 0 spiro atoms. The maximum absolute atomic E-state index is 10.3. The first kappa shape index (κ1) is 16.4. The zero-order valence-corrected chi connectivity index (χ0v) is 12.2. The van der Waals surface area contributed by atoms with Crippen molar-refractivity contribution in [2.75, 3.05) is 33.5 Å². The summed E-state index contributed by atoms with van der Waals surface area (Å²) in [6.45, 7) is 6.52. The average Bonchev–Trinajstić information content (AvgIpc) is 2.39. The van der Waals surface area contributed by atoms with Crippen LogP contribution in [0.3, 0.4) is 0 Å². The van der Waals surface area contributed by atoms with Crippen LogP contribution in [-0.2, 0) is 14.2 Å². The van der Waals surface area contributed by atoms with Gasteiger partial charge in [0.25, 0.3) is 0 Å². The lowest BCUT2D eigenvalue weighted by molar-refractivity contribution is -0.00251. The predicted octanol–water partition coefficient (Wildman–Crippen LogP) is 1.94. The van der Waals surface area contributed by atoms with Crippen molar-refractivity contribution in [1.29, 1.82) is 0 Å². The summed E-state index contributed by atoms with van der Waals surface area (Å²) in [6.07, 6.45) is 5.82. The summed E-state index contributed by atoms with van der Waals surface area (Å²) in [5.74, 6) is 0.0158. The van der Waals surface area contributed by atoms with E-state index in [1.165, 1.54) is 0 Å². The van der Waals surface area contributed by atoms with E-state index >= 15 is 0 Å². The number of ether oxygens (including phenoxy) is 3. The summed E-state index contributed by atoms with van der Waals surface area (Å²) < 4.78 is 16.3.